The maximum Gasteiger partial charge on any atom is 0.421 e. The third kappa shape index (κ3) is 4.34. The van der Waals surface area contributed by atoms with Gasteiger partial charge in [0.1, 0.15) is 5.69 Å². The fourth-order valence-electron chi connectivity index (χ4n) is 3.42. The van der Waals surface area contributed by atoms with Gasteiger partial charge in [-0.15, -0.1) is 0 Å². The Morgan fingerprint density at radius 1 is 0.786 bits per heavy atom. The lowest BCUT2D eigenvalue weighted by Gasteiger charge is -2.37. The Morgan fingerprint density at radius 2 is 1.36 bits per heavy atom. The molecule has 146 valence electrons. The van der Waals surface area contributed by atoms with Crippen molar-refractivity contribution >= 4 is 23.0 Å². The number of imidazole rings is 1. The van der Waals surface area contributed by atoms with Crippen LogP contribution in [0.25, 0.3) is 0 Å². The molecule has 0 saturated carbocycles. The average Bonchev–Trinajstić information content (AvgIpc) is 3.05. The maximum absolute atomic E-state index is 4.36. The molecular weight excluding hydrogens is 372 g/mol. The molecule has 4 rings (SSSR count). The highest BCUT2D eigenvalue weighted by atomic mass is 35.5. The van der Waals surface area contributed by atoms with Crippen molar-refractivity contribution in [3.05, 3.63) is 67.0 Å². The molecule has 0 unspecified atom stereocenters. The Kier molecular flexibility index (Phi) is 6.31. The van der Waals surface area contributed by atoms with Crippen LogP contribution in [0.2, 0.25) is 0 Å². The molecule has 0 atom stereocenters. The molecule has 0 spiro atoms. The number of hydrogen-bond acceptors (Lipinski definition) is 4. The molecule has 0 radical (unpaired) electrons. The Bertz CT molecular complexity index is 892. The zero-order chi connectivity index (χ0) is 18.6. The summed E-state index contributed by atoms with van der Waals surface area (Å²) >= 11 is 0. The van der Waals surface area contributed by atoms with Crippen LogP contribution in [-0.2, 0) is 14.1 Å². The molecular formula is C21H25ClN6. The maximum atomic E-state index is 4.36. The molecule has 1 aliphatic rings. The van der Waals surface area contributed by atoms with Crippen molar-refractivity contribution in [2.75, 3.05) is 36.0 Å². The highest BCUT2D eigenvalue weighted by molar-refractivity contribution is 5.55. The first kappa shape index (κ1) is 19.9. The molecule has 28 heavy (non-hydrogen) atoms. The van der Waals surface area contributed by atoms with E-state index in [1.54, 1.807) is 0 Å². The minimum absolute atomic E-state index is 0. The van der Waals surface area contributed by atoms with Gasteiger partial charge >= 0.3 is 5.95 Å². The van der Waals surface area contributed by atoms with Crippen molar-refractivity contribution in [1.29, 1.82) is 0 Å². The number of halogens is 1. The van der Waals surface area contributed by atoms with Gasteiger partial charge in [0.2, 0.25) is 0 Å². The van der Waals surface area contributed by atoms with E-state index in [1.165, 1.54) is 11.4 Å². The van der Waals surface area contributed by atoms with Gasteiger partial charge in [-0.2, -0.15) is 0 Å². The largest absolute Gasteiger partial charge is 1.00 e. The number of hydrogen-bond donors (Lipinski definition) is 0. The number of azo groups is 1. The molecule has 0 N–H and O–H groups in total. The number of piperazine rings is 1. The monoisotopic (exact) mass is 396 g/mol. The van der Waals surface area contributed by atoms with E-state index in [0.29, 0.717) is 0 Å². The zero-order valence-corrected chi connectivity index (χ0v) is 17.0. The fourth-order valence-corrected chi connectivity index (χ4v) is 3.42. The van der Waals surface area contributed by atoms with E-state index in [0.717, 1.165) is 37.8 Å². The molecule has 0 aliphatic carbocycles. The van der Waals surface area contributed by atoms with Gasteiger partial charge in [-0.3, -0.25) is 0 Å². The summed E-state index contributed by atoms with van der Waals surface area (Å²) in [6, 6.07) is 19.0. The third-order valence-electron chi connectivity index (χ3n) is 5.02. The molecule has 3 aromatic rings. The van der Waals surface area contributed by atoms with E-state index in [4.69, 9.17) is 0 Å². The van der Waals surface area contributed by atoms with E-state index in [9.17, 15) is 0 Å². The zero-order valence-electron chi connectivity index (χ0n) is 16.2. The quantitative estimate of drug-likeness (QED) is 0.478. The lowest BCUT2D eigenvalue weighted by Crippen LogP contribution is -3.00. The van der Waals surface area contributed by atoms with E-state index in [-0.39, 0.29) is 12.4 Å². The molecule has 1 fully saturated rings. The summed E-state index contributed by atoms with van der Waals surface area (Å²) in [6.45, 7) is 4.12. The SMILES string of the molecule is Cn1cc[n+](C)c1N=Nc1ccc(N2CCN(c3ccccc3)CC2)cc1.[Cl-]. The summed E-state index contributed by atoms with van der Waals surface area (Å²) in [6.07, 6.45) is 3.93. The number of aryl methyl sites for hydroxylation is 2. The molecule has 1 aromatic heterocycles. The second kappa shape index (κ2) is 8.89. The summed E-state index contributed by atoms with van der Waals surface area (Å²) in [5, 5.41) is 8.72. The Balaban J connectivity index is 0.00000225. The lowest BCUT2D eigenvalue weighted by atomic mass is 10.2. The summed E-state index contributed by atoms with van der Waals surface area (Å²) in [5.74, 6) is 0.816. The topological polar surface area (TPSA) is 40.0 Å². The van der Waals surface area contributed by atoms with Crippen molar-refractivity contribution in [2.24, 2.45) is 24.3 Å². The number of benzene rings is 2. The van der Waals surface area contributed by atoms with Gasteiger partial charge in [0.05, 0.1) is 26.5 Å². The van der Waals surface area contributed by atoms with Gasteiger partial charge in [-0.1, -0.05) is 23.3 Å². The van der Waals surface area contributed by atoms with Gasteiger partial charge < -0.3 is 22.2 Å². The van der Waals surface area contributed by atoms with Gasteiger partial charge in [0.25, 0.3) is 0 Å². The minimum atomic E-state index is 0. The van der Waals surface area contributed by atoms with Crippen LogP contribution < -0.4 is 26.8 Å². The van der Waals surface area contributed by atoms with Crippen molar-refractivity contribution in [1.82, 2.24) is 4.57 Å². The number of aromatic nitrogens is 2. The first-order valence-corrected chi connectivity index (χ1v) is 9.28. The first-order chi connectivity index (χ1) is 13.2. The highest BCUT2D eigenvalue weighted by Crippen LogP contribution is 2.23. The van der Waals surface area contributed by atoms with Crippen LogP contribution >= 0.6 is 0 Å². The fraction of sp³-hybridized carbons (Fsp3) is 0.286. The Hall–Kier alpha value is -2.86. The summed E-state index contributed by atoms with van der Waals surface area (Å²) in [7, 11) is 3.93. The van der Waals surface area contributed by atoms with Crippen LogP contribution in [0.1, 0.15) is 0 Å². The third-order valence-corrected chi connectivity index (χ3v) is 5.02. The van der Waals surface area contributed by atoms with E-state index >= 15 is 0 Å². The number of anilines is 2. The van der Waals surface area contributed by atoms with Crippen molar-refractivity contribution in [2.45, 2.75) is 0 Å². The summed E-state index contributed by atoms with van der Waals surface area (Å²) in [4.78, 5) is 4.87. The predicted octanol–water partition coefficient (Wildman–Crippen LogP) is 0.596. The second-order valence-corrected chi connectivity index (χ2v) is 6.85. The van der Waals surface area contributed by atoms with Crippen LogP contribution in [0.15, 0.2) is 77.2 Å². The van der Waals surface area contributed by atoms with E-state index < -0.39 is 0 Å². The molecule has 0 bridgehead atoms. The van der Waals surface area contributed by atoms with Crippen molar-refractivity contribution in [3.8, 4) is 0 Å². The van der Waals surface area contributed by atoms with Crippen molar-refractivity contribution < 1.29 is 17.0 Å². The van der Waals surface area contributed by atoms with Gasteiger partial charge in [0.15, 0.2) is 0 Å². The highest BCUT2D eigenvalue weighted by Gasteiger charge is 2.17. The molecule has 6 nitrogen and oxygen atoms in total. The van der Waals surface area contributed by atoms with Crippen LogP contribution in [0.5, 0.6) is 0 Å². The van der Waals surface area contributed by atoms with Crippen molar-refractivity contribution in [3.63, 3.8) is 0 Å². The molecule has 7 heteroatoms. The van der Waals surface area contributed by atoms with E-state index in [2.05, 4.69) is 62.5 Å². The standard InChI is InChI=1S/C21H25N6.ClH/c1-24-12-13-25(2)21(24)23-22-18-8-10-20(11-9-18)27-16-14-26(15-17-27)19-6-4-3-5-7-19;/h3-13H,14-17H2,1-2H3;1H/q+1;/p-1. The number of para-hydroxylation sites is 1. The Morgan fingerprint density at radius 3 is 1.89 bits per heavy atom. The Labute approximate surface area is 172 Å². The normalized spacial score (nSPS) is 14.4. The van der Waals surface area contributed by atoms with Crippen LogP contribution in [0.4, 0.5) is 23.0 Å². The predicted molar refractivity (Wildman–Crippen MR) is 108 cm³/mol. The average molecular weight is 397 g/mol. The van der Waals surface area contributed by atoms with Crippen LogP contribution in [0.3, 0.4) is 0 Å². The second-order valence-electron chi connectivity index (χ2n) is 6.85. The molecule has 1 saturated heterocycles. The first-order valence-electron chi connectivity index (χ1n) is 9.28. The van der Waals surface area contributed by atoms with Gasteiger partial charge in [-0.25, -0.2) is 9.13 Å². The molecule has 1 aliphatic heterocycles. The van der Waals surface area contributed by atoms with Crippen LogP contribution in [-0.4, -0.2) is 30.7 Å². The number of nitrogens with zero attached hydrogens (tertiary/aromatic N) is 6. The summed E-state index contributed by atoms with van der Waals surface area (Å²) < 4.78 is 3.90. The molecule has 0 amide bonds. The van der Waals surface area contributed by atoms with Gasteiger partial charge in [0, 0.05) is 42.7 Å². The smallest absolute Gasteiger partial charge is 0.421 e. The van der Waals surface area contributed by atoms with Gasteiger partial charge in [-0.05, 0) is 36.4 Å². The molecule has 2 aromatic carbocycles. The summed E-state index contributed by atoms with van der Waals surface area (Å²) in [5.41, 5.74) is 3.41. The molecule has 2 heterocycles. The number of rotatable bonds is 4. The lowest BCUT2D eigenvalue weighted by molar-refractivity contribution is -0.657. The van der Waals surface area contributed by atoms with E-state index in [1.807, 2.05) is 47.8 Å². The van der Waals surface area contributed by atoms with Crippen LogP contribution in [0, 0.1) is 0 Å². The minimum Gasteiger partial charge on any atom is -1.00 e.